The third-order valence-electron chi connectivity index (χ3n) is 5.52. The van der Waals surface area contributed by atoms with Gasteiger partial charge in [0.2, 0.25) is 0 Å². The van der Waals surface area contributed by atoms with E-state index in [1.165, 1.54) is 17.7 Å². The Labute approximate surface area is 199 Å². The molecule has 1 aromatic carbocycles. The fraction of sp³-hybridized carbons (Fsp3) is 0.667. The summed E-state index contributed by atoms with van der Waals surface area (Å²) in [5.41, 5.74) is 0.999. The molecule has 0 spiro atoms. The molecular formula is C21H32F3IN4O2. The summed E-state index contributed by atoms with van der Waals surface area (Å²) in [4.78, 5) is 5.61. The van der Waals surface area contributed by atoms with Crippen molar-refractivity contribution in [2.24, 2.45) is 4.99 Å². The summed E-state index contributed by atoms with van der Waals surface area (Å²) in [6, 6.07) is 5.78. The molecule has 1 aliphatic carbocycles. The molecule has 0 radical (unpaired) electrons. The lowest BCUT2D eigenvalue weighted by atomic mass is 10.2. The molecule has 6 nitrogen and oxygen atoms in total. The van der Waals surface area contributed by atoms with Crippen molar-refractivity contribution in [1.82, 2.24) is 15.5 Å². The monoisotopic (exact) mass is 556 g/mol. The Kier molecular flexibility index (Phi) is 9.98. The van der Waals surface area contributed by atoms with Crippen molar-refractivity contribution < 1.29 is 22.6 Å². The Morgan fingerprint density at radius 3 is 2.58 bits per heavy atom. The standard InChI is InChI=1S/C21H31F3N4O2.HI/c1-25-20(27-16-9-10-28(13-16)14-21(22,23)24)26-12-15-7-8-18(19(11-15)29-2)30-17-5-3-4-6-17;/h7-8,11,16-17H,3-6,9-10,12-14H2,1-2H3,(H2,25,26,27);1H. The number of nitrogens with zero attached hydrogens (tertiary/aromatic N) is 2. The maximum Gasteiger partial charge on any atom is 0.401 e. The molecule has 2 fully saturated rings. The molecule has 3 rings (SSSR count). The van der Waals surface area contributed by atoms with Crippen LogP contribution in [-0.2, 0) is 6.54 Å². The van der Waals surface area contributed by atoms with E-state index in [9.17, 15) is 13.2 Å². The molecule has 2 aliphatic rings. The SMILES string of the molecule is CN=C(NCc1ccc(OC2CCCC2)c(OC)c1)NC1CCN(CC(F)(F)F)C1.I. The number of alkyl halides is 3. The van der Waals surface area contributed by atoms with Crippen molar-refractivity contribution in [3.63, 3.8) is 0 Å². The zero-order valence-corrected chi connectivity index (χ0v) is 20.3. The van der Waals surface area contributed by atoms with Crippen LogP contribution >= 0.6 is 24.0 Å². The minimum Gasteiger partial charge on any atom is -0.493 e. The molecule has 1 unspecified atom stereocenters. The van der Waals surface area contributed by atoms with Gasteiger partial charge in [-0.25, -0.2) is 0 Å². The Morgan fingerprint density at radius 1 is 1.19 bits per heavy atom. The molecule has 1 saturated carbocycles. The number of ether oxygens (including phenoxy) is 2. The molecule has 1 aromatic rings. The van der Waals surface area contributed by atoms with Crippen molar-refractivity contribution >= 4 is 29.9 Å². The molecule has 31 heavy (non-hydrogen) atoms. The number of nitrogens with one attached hydrogen (secondary N) is 2. The van der Waals surface area contributed by atoms with Gasteiger partial charge in [0.15, 0.2) is 17.5 Å². The van der Waals surface area contributed by atoms with E-state index in [1.54, 1.807) is 14.2 Å². The van der Waals surface area contributed by atoms with Crippen LogP contribution in [0.3, 0.4) is 0 Å². The lowest BCUT2D eigenvalue weighted by molar-refractivity contribution is -0.143. The normalized spacial score (nSPS) is 20.4. The summed E-state index contributed by atoms with van der Waals surface area (Å²) in [5, 5.41) is 6.44. The molecule has 1 atom stereocenters. The van der Waals surface area contributed by atoms with E-state index in [1.807, 2.05) is 18.2 Å². The van der Waals surface area contributed by atoms with E-state index in [2.05, 4.69) is 15.6 Å². The predicted octanol–water partition coefficient (Wildman–Crippen LogP) is 3.94. The van der Waals surface area contributed by atoms with Crippen molar-refractivity contribution in [3.8, 4) is 11.5 Å². The highest BCUT2D eigenvalue weighted by molar-refractivity contribution is 14.0. The van der Waals surface area contributed by atoms with Gasteiger partial charge in [-0.1, -0.05) is 6.07 Å². The summed E-state index contributed by atoms with van der Waals surface area (Å²) in [5.74, 6) is 2.02. The smallest absolute Gasteiger partial charge is 0.401 e. The Morgan fingerprint density at radius 2 is 1.94 bits per heavy atom. The summed E-state index contributed by atoms with van der Waals surface area (Å²) in [6.07, 6.45) is 1.31. The highest BCUT2D eigenvalue weighted by atomic mass is 127. The van der Waals surface area contributed by atoms with Crippen LogP contribution in [0.2, 0.25) is 0 Å². The van der Waals surface area contributed by atoms with Gasteiger partial charge in [-0.05, 0) is 49.8 Å². The topological polar surface area (TPSA) is 58.1 Å². The van der Waals surface area contributed by atoms with E-state index in [0.29, 0.717) is 37.8 Å². The fourth-order valence-corrected chi connectivity index (χ4v) is 4.03. The molecule has 1 heterocycles. The van der Waals surface area contributed by atoms with Crippen molar-refractivity contribution in [2.75, 3.05) is 33.8 Å². The summed E-state index contributed by atoms with van der Waals surface area (Å²) < 4.78 is 49.2. The van der Waals surface area contributed by atoms with Crippen molar-refractivity contribution in [1.29, 1.82) is 0 Å². The minimum absolute atomic E-state index is 0. The predicted molar refractivity (Wildman–Crippen MR) is 126 cm³/mol. The first-order valence-corrected chi connectivity index (χ1v) is 10.5. The summed E-state index contributed by atoms with van der Waals surface area (Å²) >= 11 is 0. The van der Waals surface area contributed by atoms with Crippen LogP contribution in [0.1, 0.15) is 37.7 Å². The maximum atomic E-state index is 12.6. The van der Waals surface area contributed by atoms with Crippen LogP contribution in [0, 0.1) is 0 Å². The number of hydrogen-bond acceptors (Lipinski definition) is 4. The van der Waals surface area contributed by atoms with Crippen LogP contribution in [0.5, 0.6) is 11.5 Å². The van der Waals surface area contributed by atoms with Gasteiger partial charge in [0.05, 0.1) is 19.8 Å². The van der Waals surface area contributed by atoms with Crippen LogP contribution in [0.4, 0.5) is 13.2 Å². The van der Waals surface area contributed by atoms with E-state index >= 15 is 0 Å². The van der Waals surface area contributed by atoms with Crippen molar-refractivity contribution in [2.45, 2.75) is 57.0 Å². The Bertz CT molecular complexity index is 727. The average Bonchev–Trinajstić information content (AvgIpc) is 3.36. The lowest BCUT2D eigenvalue weighted by Gasteiger charge is -2.20. The first kappa shape index (κ1) is 25.8. The Balaban J connectivity index is 0.00000341. The summed E-state index contributed by atoms with van der Waals surface area (Å²) in [7, 11) is 3.28. The van der Waals surface area contributed by atoms with Gasteiger partial charge in [-0.15, -0.1) is 24.0 Å². The maximum absolute atomic E-state index is 12.6. The highest BCUT2D eigenvalue weighted by Gasteiger charge is 2.34. The lowest BCUT2D eigenvalue weighted by Crippen LogP contribution is -2.44. The van der Waals surface area contributed by atoms with E-state index in [4.69, 9.17) is 9.47 Å². The van der Waals surface area contributed by atoms with E-state index in [0.717, 1.165) is 24.2 Å². The van der Waals surface area contributed by atoms with E-state index < -0.39 is 12.7 Å². The van der Waals surface area contributed by atoms with Gasteiger partial charge in [0.25, 0.3) is 0 Å². The number of hydrogen-bond donors (Lipinski definition) is 2. The molecule has 1 aliphatic heterocycles. The number of benzene rings is 1. The summed E-state index contributed by atoms with van der Waals surface area (Å²) in [6.45, 7) is 0.417. The third kappa shape index (κ3) is 8.21. The zero-order valence-electron chi connectivity index (χ0n) is 18.0. The molecule has 0 aromatic heterocycles. The molecule has 10 heteroatoms. The number of rotatable bonds is 7. The van der Waals surface area contributed by atoms with E-state index in [-0.39, 0.29) is 36.1 Å². The molecule has 1 saturated heterocycles. The number of aliphatic imine (C=N–C) groups is 1. The fourth-order valence-electron chi connectivity index (χ4n) is 4.03. The highest BCUT2D eigenvalue weighted by Crippen LogP contribution is 2.32. The second-order valence-corrected chi connectivity index (χ2v) is 7.92. The second-order valence-electron chi connectivity index (χ2n) is 7.92. The molecule has 2 N–H and O–H groups in total. The van der Waals surface area contributed by atoms with Crippen LogP contribution in [0.25, 0.3) is 0 Å². The number of guanidine groups is 1. The molecule has 0 bridgehead atoms. The van der Waals surface area contributed by atoms with Crippen molar-refractivity contribution in [3.05, 3.63) is 23.8 Å². The molecule has 0 amide bonds. The number of halogens is 4. The van der Waals surface area contributed by atoms with Gasteiger partial charge in [-0.2, -0.15) is 13.2 Å². The first-order chi connectivity index (χ1) is 14.4. The number of likely N-dealkylation sites (tertiary alicyclic amines) is 1. The quantitative estimate of drug-likeness (QED) is 0.303. The van der Waals surface area contributed by atoms with Gasteiger partial charge in [0, 0.05) is 32.7 Å². The number of methoxy groups -OCH3 is 1. The minimum atomic E-state index is -4.17. The van der Waals surface area contributed by atoms with Crippen LogP contribution < -0.4 is 20.1 Å². The molecule has 176 valence electrons. The van der Waals surface area contributed by atoms with Gasteiger partial charge < -0.3 is 20.1 Å². The van der Waals surface area contributed by atoms with Crippen LogP contribution in [-0.4, -0.2) is 63.0 Å². The second kappa shape index (κ2) is 12.0. The largest absolute Gasteiger partial charge is 0.493 e. The Hall–Kier alpha value is -1.43. The zero-order chi connectivity index (χ0) is 21.6. The molecular weight excluding hydrogens is 524 g/mol. The van der Waals surface area contributed by atoms with Crippen LogP contribution in [0.15, 0.2) is 23.2 Å². The van der Waals surface area contributed by atoms with Gasteiger partial charge in [-0.3, -0.25) is 9.89 Å². The first-order valence-electron chi connectivity index (χ1n) is 10.5. The van der Waals surface area contributed by atoms with Gasteiger partial charge in [0.1, 0.15) is 0 Å². The van der Waals surface area contributed by atoms with Gasteiger partial charge >= 0.3 is 6.18 Å². The average molecular weight is 556 g/mol. The third-order valence-corrected chi connectivity index (χ3v) is 5.52.